The maximum absolute atomic E-state index is 15.1. The molecule has 1 aromatic heterocycles. The SMILES string of the molecule is Cc1ccc(C(O)(CN2CCC(N3CCC(Nc4ccc(-c5ccc(F)cc5)cc4)CC3)CC2)Cn2cncn2)c(F)c1. The molecule has 2 N–H and O–H groups in total. The van der Waals surface area contributed by atoms with E-state index in [1.807, 2.05) is 13.0 Å². The van der Waals surface area contributed by atoms with Gasteiger partial charge in [0.25, 0.3) is 0 Å². The average Bonchev–Trinajstić information content (AvgIpc) is 3.51. The standard InChI is InChI=1S/C34H40F2N6O/c1-25-2-11-32(33(36)20-25)34(43,22-42-24-37-23-38-42)21-40-16-14-31(15-17-40)41-18-12-30(13-19-41)39-29-9-5-27(6-10-29)26-3-7-28(35)8-4-26/h2-11,20,23-24,30-31,39,43H,12-19,21-22H2,1H3. The van der Waals surface area contributed by atoms with Gasteiger partial charge < -0.3 is 15.3 Å². The molecule has 0 bridgehead atoms. The third-order valence-electron chi connectivity index (χ3n) is 9.04. The lowest BCUT2D eigenvalue weighted by Crippen LogP contribution is -2.52. The molecule has 2 fully saturated rings. The van der Waals surface area contributed by atoms with Gasteiger partial charge in [-0.05, 0) is 92.7 Å². The molecular formula is C34H40F2N6O. The topological polar surface area (TPSA) is 69.5 Å². The van der Waals surface area contributed by atoms with Gasteiger partial charge in [0.05, 0.1) is 6.54 Å². The Labute approximate surface area is 252 Å². The van der Waals surface area contributed by atoms with Crippen LogP contribution in [0.15, 0.2) is 79.4 Å². The van der Waals surface area contributed by atoms with Gasteiger partial charge in [-0.3, -0.25) is 4.90 Å². The summed E-state index contributed by atoms with van der Waals surface area (Å²) in [4.78, 5) is 8.88. The number of piperidine rings is 2. The van der Waals surface area contributed by atoms with E-state index in [9.17, 15) is 9.50 Å². The van der Waals surface area contributed by atoms with E-state index in [0.717, 1.165) is 74.2 Å². The molecule has 7 nitrogen and oxygen atoms in total. The Morgan fingerprint density at radius 1 is 0.860 bits per heavy atom. The Hall–Kier alpha value is -3.66. The summed E-state index contributed by atoms with van der Waals surface area (Å²) in [5.74, 6) is -0.613. The molecule has 2 aliphatic heterocycles. The molecule has 1 atom stereocenters. The average molecular weight is 587 g/mol. The van der Waals surface area contributed by atoms with Crippen LogP contribution in [0.2, 0.25) is 0 Å². The summed E-state index contributed by atoms with van der Waals surface area (Å²) in [6.45, 7) is 6.16. The Morgan fingerprint density at radius 3 is 2.16 bits per heavy atom. The molecule has 0 radical (unpaired) electrons. The molecule has 0 aliphatic carbocycles. The minimum absolute atomic E-state index is 0.141. The van der Waals surface area contributed by atoms with Crippen LogP contribution >= 0.6 is 0 Å². The van der Waals surface area contributed by atoms with E-state index in [0.29, 0.717) is 24.2 Å². The Bertz CT molecular complexity index is 1460. The highest BCUT2D eigenvalue weighted by Crippen LogP contribution is 2.30. The van der Waals surface area contributed by atoms with Gasteiger partial charge in [-0.15, -0.1) is 0 Å². The van der Waals surface area contributed by atoms with Crippen LogP contribution in [0.5, 0.6) is 0 Å². The second-order valence-corrected chi connectivity index (χ2v) is 12.2. The first-order valence-electron chi connectivity index (χ1n) is 15.2. The zero-order valence-electron chi connectivity index (χ0n) is 24.7. The number of benzene rings is 3. The summed E-state index contributed by atoms with van der Waals surface area (Å²) in [6, 6.07) is 21.0. The largest absolute Gasteiger partial charge is 0.382 e. The second kappa shape index (κ2) is 12.9. The van der Waals surface area contributed by atoms with E-state index in [2.05, 4.69) is 49.5 Å². The number of likely N-dealkylation sites (tertiary alicyclic amines) is 2. The highest BCUT2D eigenvalue weighted by Gasteiger charge is 2.37. The maximum atomic E-state index is 15.1. The molecule has 1 unspecified atom stereocenters. The van der Waals surface area contributed by atoms with Gasteiger partial charge in [0.15, 0.2) is 0 Å². The summed E-state index contributed by atoms with van der Waals surface area (Å²) in [5.41, 5.74) is 2.90. The van der Waals surface area contributed by atoms with Crippen molar-refractivity contribution in [1.82, 2.24) is 24.6 Å². The minimum Gasteiger partial charge on any atom is -0.382 e. The van der Waals surface area contributed by atoms with Crippen molar-refractivity contribution in [1.29, 1.82) is 0 Å². The number of β-amino-alcohol motifs (C(OH)–C–C–N with tert-alkyl or cyclic N) is 1. The van der Waals surface area contributed by atoms with Crippen molar-refractivity contribution in [2.45, 2.75) is 56.8 Å². The van der Waals surface area contributed by atoms with Gasteiger partial charge in [0.1, 0.15) is 29.9 Å². The number of anilines is 1. The van der Waals surface area contributed by atoms with E-state index in [1.54, 1.807) is 29.2 Å². The molecule has 4 aromatic rings. The Kier molecular flexibility index (Phi) is 8.83. The van der Waals surface area contributed by atoms with Crippen molar-refractivity contribution in [3.8, 4) is 11.1 Å². The lowest BCUT2D eigenvalue weighted by Gasteiger charge is -2.43. The molecule has 3 aromatic carbocycles. The maximum Gasteiger partial charge on any atom is 0.137 e. The number of halogens is 2. The summed E-state index contributed by atoms with van der Waals surface area (Å²) in [7, 11) is 0. The molecule has 9 heteroatoms. The van der Waals surface area contributed by atoms with Crippen molar-refractivity contribution < 1.29 is 13.9 Å². The Morgan fingerprint density at radius 2 is 1.53 bits per heavy atom. The third kappa shape index (κ3) is 7.12. The van der Waals surface area contributed by atoms with E-state index in [4.69, 9.17) is 0 Å². The second-order valence-electron chi connectivity index (χ2n) is 12.2. The van der Waals surface area contributed by atoms with Crippen molar-refractivity contribution in [3.63, 3.8) is 0 Å². The molecular weight excluding hydrogens is 546 g/mol. The van der Waals surface area contributed by atoms with Crippen LogP contribution in [0.1, 0.15) is 36.8 Å². The highest BCUT2D eigenvalue weighted by molar-refractivity contribution is 5.66. The smallest absolute Gasteiger partial charge is 0.137 e. The fourth-order valence-corrected chi connectivity index (χ4v) is 6.66. The molecule has 3 heterocycles. The number of rotatable bonds is 9. The Balaban J connectivity index is 0.998. The first kappa shape index (κ1) is 29.4. The summed E-state index contributed by atoms with van der Waals surface area (Å²) in [6.07, 6.45) is 7.22. The molecule has 0 saturated carbocycles. The zero-order valence-corrected chi connectivity index (χ0v) is 24.7. The van der Waals surface area contributed by atoms with Crippen LogP contribution in [0.4, 0.5) is 14.5 Å². The number of aromatic nitrogens is 3. The molecule has 2 saturated heterocycles. The monoisotopic (exact) mass is 586 g/mol. The number of nitrogens with zero attached hydrogens (tertiary/aromatic N) is 5. The molecule has 226 valence electrons. The molecule has 2 aliphatic rings. The van der Waals surface area contributed by atoms with Gasteiger partial charge in [-0.2, -0.15) is 5.10 Å². The minimum atomic E-state index is -1.42. The van der Waals surface area contributed by atoms with Crippen LogP contribution in [-0.4, -0.2) is 74.5 Å². The van der Waals surface area contributed by atoms with Crippen molar-refractivity contribution >= 4 is 5.69 Å². The normalized spacial score (nSPS) is 18.9. The van der Waals surface area contributed by atoms with Gasteiger partial charge in [0.2, 0.25) is 0 Å². The van der Waals surface area contributed by atoms with Crippen LogP contribution in [0.25, 0.3) is 11.1 Å². The van der Waals surface area contributed by atoms with Crippen LogP contribution in [0, 0.1) is 18.6 Å². The van der Waals surface area contributed by atoms with E-state index in [1.165, 1.54) is 24.5 Å². The van der Waals surface area contributed by atoms with Crippen LogP contribution in [-0.2, 0) is 12.1 Å². The summed E-state index contributed by atoms with van der Waals surface area (Å²) >= 11 is 0. The quantitative estimate of drug-likeness (QED) is 0.272. The molecule has 6 rings (SSSR count). The van der Waals surface area contributed by atoms with Crippen LogP contribution < -0.4 is 5.32 Å². The molecule has 0 spiro atoms. The van der Waals surface area contributed by atoms with E-state index < -0.39 is 11.4 Å². The third-order valence-corrected chi connectivity index (χ3v) is 9.04. The number of hydrogen-bond acceptors (Lipinski definition) is 6. The molecule has 43 heavy (non-hydrogen) atoms. The zero-order chi connectivity index (χ0) is 29.8. The fraction of sp³-hybridized carbons (Fsp3) is 0.412. The van der Waals surface area contributed by atoms with E-state index >= 15 is 4.39 Å². The van der Waals surface area contributed by atoms with Gasteiger partial charge in [-0.25, -0.2) is 18.4 Å². The van der Waals surface area contributed by atoms with Crippen LogP contribution in [0.3, 0.4) is 0 Å². The first-order valence-corrected chi connectivity index (χ1v) is 15.2. The van der Waals surface area contributed by atoms with E-state index in [-0.39, 0.29) is 12.4 Å². The number of nitrogens with one attached hydrogen (secondary N) is 1. The summed E-state index contributed by atoms with van der Waals surface area (Å²) < 4.78 is 29.9. The van der Waals surface area contributed by atoms with Crippen molar-refractivity contribution in [2.75, 3.05) is 38.0 Å². The number of aryl methyl sites for hydroxylation is 1. The van der Waals surface area contributed by atoms with Crippen molar-refractivity contribution in [3.05, 3.63) is 102 Å². The van der Waals surface area contributed by atoms with Crippen molar-refractivity contribution in [2.24, 2.45) is 0 Å². The van der Waals surface area contributed by atoms with Gasteiger partial charge >= 0.3 is 0 Å². The number of aliphatic hydroxyl groups is 1. The summed E-state index contributed by atoms with van der Waals surface area (Å²) in [5, 5.41) is 19.7. The molecule has 0 amide bonds. The van der Waals surface area contributed by atoms with Gasteiger partial charge in [0, 0.05) is 43.0 Å². The lowest BCUT2D eigenvalue weighted by atomic mass is 9.90. The highest BCUT2D eigenvalue weighted by atomic mass is 19.1. The van der Waals surface area contributed by atoms with Gasteiger partial charge in [-0.1, -0.05) is 36.4 Å². The number of hydrogen-bond donors (Lipinski definition) is 2. The predicted molar refractivity (Wildman–Crippen MR) is 165 cm³/mol. The lowest BCUT2D eigenvalue weighted by molar-refractivity contribution is -0.0323. The first-order chi connectivity index (χ1) is 20.8. The predicted octanol–water partition coefficient (Wildman–Crippen LogP) is 5.46. The fourth-order valence-electron chi connectivity index (χ4n) is 6.66.